The average Bonchev–Trinajstić information content (AvgIpc) is 2.37. The molecule has 0 radical (unpaired) electrons. The van der Waals surface area contributed by atoms with Gasteiger partial charge in [-0.3, -0.25) is 9.78 Å². The number of hydrogen-bond donors (Lipinski definition) is 1. The van der Waals surface area contributed by atoms with Crippen LogP contribution < -0.4 is 11.2 Å². The van der Waals surface area contributed by atoms with Gasteiger partial charge >= 0.3 is 5.69 Å². The SMILES string of the molecule is CCCc1c(Cl)[nH]c(=O)n(-c2c(Br)cc(Br)cc2Br)c1=O. The summed E-state index contributed by atoms with van der Waals surface area (Å²) in [7, 11) is 0. The van der Waals surface area contributed by atoms with Gasteiger partial charge in [0.05, 0.1) is 11.3 Å². The van der Waals surface area contributed by atoms with E-state index in [0.717, 1.165) is 15.5 Å². The van der Waals surface area contributed by atoms with Crippen molar-refractivity contribution in [2.24, 2.45) is 0 Å². The molecule has 4 nitrogen and oxygen atoms in total. The topological polar surface area (TPSA) is 54.9 Å². The molecule has 0 aliphatic rings. The smallest absolute Gasteiger partial charge is 0.297 e. The zero-order valence-corrected chi connectivity index (χ0v) is 16.4. The van der Waals surface area contributed by atoms with E-state index in [1.54, 1.807) is 12.1 Å². The monoisotopic (exact) mass is 498 g/mol. The highest BCUT2D eigenvalue weighted by Crippen LogP contribution is 2.31. The number of halogens is 4. The van der Waals surface area contributed by atoms with Crippen LogP contribution in [0.4, 0.5) is 0 Å². The van der Waals surface area contributed by atoms with Crippen LogP contribution in [-0.2, 0) is 6.42 Å². The molecule has 0 fully saturated rings. The molecule has 0 aliphatic heterocycles. The number of aromatic nitrogens is 2. The van der Waals surface area contributed by atoms with Crippen molar-refractivity contribution in [3.8, 4) is 5.69 Å². The maximum absolute atomic E-state index is 12.6. The Morgan fingerprint density at radius 3 is 2.29 bits per heavy atom. The molecule has 8 heteroatoms. The highest BCUT2D eigenvalue weighted by Gasteiger charge is 2.18. The predicted molar refractivity (Wildman–Crippen MR) is 94.8 cm³/mol. The third kappa shape index (κ3) is 3.36. The van der Waals surface area contributed by atoms with Crippen molar-refractivity contribution < 1.29 is 0 Å². The number of hydrogen-bond acceptors (Lipinski definition) is 2. The van der Waals surface area contributed by atoms with E-state index in [4.69, 9.17) is 11.6 Å². The predicted octanol–water partition coefficient (Wildman–Crippen LogP) is 4.42. The Labute approximate surface area is 150 Å². The fourth-order valence-corrected chi connectivity index (χ4v) is 4.83. The summed E-state index contributed by atoms with van der Waals surface area (Å²) >= 11 is 16.1. The van der Waals surface area contributed by atoms with Crippen molar-refractivity contribution in [3.63, 3.8) is 0 Å². The number of nitrogens with zero attached hydrogens (tertiary/aromatic N) is 1. The summed E-state index contributed by atoms with van der Waals surface area (Å²) in [5.41, 5.74) is -0.137. The van der Waals surface area contributed by atoms with Crippen LogP contribution >= 0.6 is 59.4 Å². The van der Waals surface area contributed by atoms with Gasteiger partial charge in [-0.25, -0.2) is 9.36 Å². The Kier molecular flexibility index (Phi) is 5.51. The molecule has 1 N–H and O–H groups in total. The van der Waals surface area contributed by atoms with Gasteiger partial charge in [0.25, 0.3) is 5.56 Å². The maximum atomic E-state index is 12.6. The largest absolute Gasteiger partial charge is 0.334 e. The fraction of sp³-hybridized carbons (Fsp3) is 0.231. The summed E-state index contributed by atoms with van der Waals surface area (Å²) in [6.45, 7) is 1.94. The normalized spacial score (nSPS) is 10.9. The van der Waals surface area contributed by atoms with Crippen LogP contribution in [0.2, 0.25) is 5.15 Å². The molecular formula is C13H10Br3ClN2O2. The van der Waals surface area contributed by atoms with E-state index in [-0.39, 0.29) is 5.15 Å². The lowest BCUT2D eigenvalue weighted by molar-refractivity contribution is 0.807. The minimum Gasteiger partial charge on any atom is -0.297 e. The Balaban J connectivity index is 2.86. The zero-order valence-electron chi connectivity index (χ0n) is 10.8. The summed E-state index contributed by atoms with van der Waals surface area (Å²) in [5, 5.41) is 0.104. The zero-order chi connectivity index (χ0) is 15.7. The first-order valence-electron chi connectivity index (χ1n) is 6.05. The van der Waals surface area contributed by atoms with Crippen LogP contribution in [0.1, 0.15) is 18.9 Å². The molecule has 0 amide bonds. The third-order valence-corrected chi connectivity index (χ3v) is 4.84. The van der Waals surface area contributed by atoms with Crippen LogP contribution in [0.15, 0.2) is 35.1 Å². The molecule has 1 aromatic heterocycles. The molecule has 1 heterocycles. The Hall–Kier alpha value is -0.370. The van der Waals surface area contributed by atoms with Gasteiger partial charge in [0.15, 0.2) is 0 Å². The van der Waals surface area contributed by atoms with Crippen LogP contribution in [0.3, 0.4) is 0 Å². The van der Waals surface area contributed by atoms with Gasteiger partial charge in [0, 0.05) is 13.4 Å². The lowest BCUT2D eigenvalue weighted by Crippen LogP contribution is -2.36. The highest BCUT2D eigenvalue weighted by atomic mass is 79.9. The third-order valence-electron chi connectivity index (χ3n) is 2.85. The maximum Gasteiger partial charge on any atom is 0.334 e. The average molecular weight is 501 g/mol. The van der Waals surface area contributed by atoms with Crippen LogP contribution in [0.5, 0.6) is 0 Å². The molecule has 0 unspecified atom stereocenters. The number of benzene rings is 1. The van der Waals surface area contributed by atoms with Crippen molar-refractivity contribution >= 4 is 59.4 Å². The first-order valence-corrected chi connectivity index (χ1v) is 8.81. The summed E-state index contributed by atoms with van der Waals surface area (Å²) in [6.07, 6.45) is 1.25. The van der Waals surface area contributed by atoms with Crippen LogP contribution in [-0.4, -0.2) is 9.55 Å². The summed E-state index contributed by atoms with van der Waals surface area (Å²) in [4.78, 5) is 27.3. The molecular weight excluding hydrogens is 491 g/mol. The number of aromatic amines is 1. The minimum absolute atomic E-state index is 0.104. The van der Waals surface area contributed by atoms with Crippen molar-refractivity contribution in [2.75, 3.05) is 0 Å². The molecule has 0 spiro atoms. The highest BCUT2D eigenvalue weighted by molar-refractivity contribution is 9.11. The minimum atomic E-state index is -0.575. The van der Waals surface area contributed by atoms with Crippen LogP contribution in [0.25, 0.3) is 5.69 Å². The van der Waals surface area contributed by atoms with Gasteiger partial charge in [0.1, 0.15) is 5.15 Å². The second-order valence-corrected chi connectivity index (χ2v) is 7.33. The quantitative estimate of drug-likeness (QED) is 0.634. The van der Waals surface area contributed by atoms with Crippen LogP contribution in [0, 0.1) is 0 Å². The molecule has 2 aromatic rings. The van der Waals surface area contributed by atoms with E-state index in [0.29, 0.717) is 26.6 Å². The molecule has 0 saturated carbocycles. The first kappa shape index (κ1) is 17.0. The van der Waals surface area contributed by atoms with E-state index in [1.807, 2.05) is 6.92 Å². The van der Waals surface area contributed by atoms with Crippen molar-refractivity contribution in [3.05, 3.63) is 57.1 Å². The number of nitrogens with one attached hydrogen (secondary N) is 1. The van der Waals surface area contributed by atoms with Gasteiger partial charge in [-0.05, 0) is 50.4 Å². The van der Waals surface area contributed by atoms with Gasteiger partial charge in [0.2, 0.25) is 0 Å². The molecule has 0 bridgehead atoms. The molecule has 1 aromatic carbocycles. The number of H-pyrrole nitrogens is 1. The summed E-state index contributed by atoms with van der Waals surface area (Å²) in [5.74, 6) is 0. The van der Waals surface area contributed by atoms with Crippen molar-refractivity contribution in [1.29, 1.82) is 0 Å². The Morgan fingerprint density at radius 1 is 1.19 bits per heavy atom. The Morgan fingerprint density at radius 2 is 1.76 bits per heavy atom. The fourth-order valence-electron chi connectivity index (χ4n) is 1.96. The second kappa shape index (κ2) is 6.81. The van der Waals surface area contributed by atoms with E-state index < -0.39 is 11.2 Å². The first-order chi connectivity index (χ1) is 9.86. The number of rotatable bonds is 3. The molecule has 2 rings (SSSR count). The van der Waals surface area contributed by atoms with Crippen molar-refractivity contribution in [2.45, 2.75) is 19.8 Å². The van der Waals surface area contributed by atoms with E-state index in [1.165, 1.54) is 0 Å². The molecule has 0 atom stereocenters. The molecule has 21 heavy (non-hydrogen) atoms. The van der Waals surface area contributed by atoms with Gasteiger partial charge in [-0.15, -0.1) is 0 Å². The second-order valence-electron chi connectivity index (χ2n) is 4.33. The summed E-state index contributed by atoms with van der Waals surface area (Å²) < 4.78 is 3.12. The van der Waals surface area contributed by atoms with Crippen molar-refractivity contribution in [1.82, 2.24) is 9.55 Å². The molecule has 112 valence electrons. The Bertz CT molecular complexity index is 791. The van der Waals surface area contributed by atoms with Gasteiger partial charge in [-0.1, -0.05) is 40.9 Å². The van der Waals surface area contributed by atoms with E-state index in [2.05, 4.69) is 52.8 Å². The van der Waals surface area contributed by atoms with E-state index >= 15 is 0 Å². The lowest BCUT2D eigenvalue weighted by atomic mass is 10.2. The lowest BCUT2D eigenvalue weighted by Gasteiger charge is -2.12. The standard InChI is InChI=1S/C13H10Br3ClN2O2/c1-2-3-7-11(17)18-13(21)19(12(7)20)10-8(15)4-6(14)5-9(10)16/h4-5H,2-3H2,1H3,(H,18,21). The molecule has 0 saturated heterocycles. The van der Waals surface area contributed by atoms with E-state index in [9.17, 15) is 9.59 Å². The summed E-state index contributed by atoms with van der Waals surface area (Å²) in [6, 6.07) is 3.53. The van der Waals surface area contributed by atoms with Gasteiger partial charge < -0.3 is 0 Å². The van der Waals surface area contributed by atoms with Gasteiger partial charge in [-0.2, -0.15) is 0 Å². The molecule has 0 aliphatic carbocycles.